The molecule has 0 saturated carbocycles. The molecule has 1 aliphatic rings. The molecular weight excluding hydrogens is 326 g/mol. The second-order valence-corrected chi connectivity index (χ2v) is 6.10. The van der Waals surface area contributed by atoms with Gasteiger partial charge in [0.15, 0.2) is 0 Å². The minimum atomic E-state index is -0.0734. The van der Waals surface area contributed by atoms with Crippen LogP contribution >= 0.6 is 0 Å². The van der Waals surface area contributed by atoms with Gasteiger partial charge in [0.25, 0.3) is 5.91 Å². The number of hydrogen-bond acceptors (Lipinski definition) is 3. The predicted molar refractivity (Wildman–Crippen MR) is 104 cm³/mol. The molecule has 0 aliphatic carbocycles. The van der Waals surface area contributed by atoms with Crippen LogP contribution in [0.2, 0.25) is 0 Å². The van der Waals surface area contributed by atoms with Crippen molar-refractivity contribution >= 4 is 34.0 Å². The minimum Gasteiger partial charge on any atom is -0.491 e. The first-order chi connectivity index (χ1) is 12.8. The van der Waals surface area contributed by atoms with E-state index in [1.165, 1.54) is 0 Å². The second-order valence-electron chi connectivity index (χ2n) is 6.10. The molecule has 0 unspecified atom stereocenters. The molecule has 0 atom stereocenters. The van der Waals surface area contributed by atoms with Gasteiger partial charge in [-0.1, -0.05) is 48.5 Å². The van der Waals surface area contributed by atoms with Gasteiger partial charge in [-0.2, -0.15) is 0 Å². The van der Waals surface area contributed by atoms with Crippen molar-refractivity contribution < 1.29 is 14.3 Å². The maximum Gasteiger partial charge on any atom is 0.256 e. The Morgan fingerprint density at radius 2 is 1.69 bits per heavy atom. The van der Waals surface area contributed by atoms with Gasteiger partial charge in [0.2, 0.25) is 0 Å². The summed E-state index contributed by atoms with van der Waals surface area (Å²) in [5.74, 6) is 0.742. The number of rotatable bonds is 5. The highest BCUT2D eigenvalue weighted by molar-refractivity contribution is 6.35. The fourth-order valence-electron chi connectivity index (χ4n) is 3.22. The molecule has 1 aliphatic heterocycles. The Labute approximate surface area is 152 Å². The zero-order valence-electron chi connectivity index (χ0n) is 14.5. The third kappa shape index (κ3) is 2.95. The topological polar surface area (TPSA) is 47.6 Å². The lowest BCUT2D eigenvalue weighted by atomic mass is 9.99. The maximum atomic E-state index is 12.4. The number of methoxy groups -OCH3 is 1. The zero-order valence-corrected chi connectivity index (χ0v) is 14.5. The number of para-hydroxylation sites is 1. The predicted octanol–water partition coefficient (Wildman–Crippen LogP) is 4.36. The van der Waals surface area contributed by atoms with Crippen molar-refractivity contribution in [2.45, 2.75) is 0 Å². The van der Waals surface area contributed by atoms with Gasteiger partial charge < -0.3 is 14.8 Å². The van der Waals surface area contributed by atoms with Crippen LogP contribution in [0, 0.1) is 0 Å². The van der Waals surface area contributed by atoms with E-state index in [2.05, 4.69) is 5.32 Å². The molecule has 0 spiro atoms. The number of nitrogens with one attached hydrogen (secondary N) is 1. The van der Waals surface area contributed by atoms with E-state index in [1.807, 2.05) is 66.7 Å². The summed E-state index contributed by atoms with van der Waals surface area (Å²) < 4.78 is 10.9. The molecule has 4 rings (SSSR count). The monoisotopic (exact) mass is 345 g/mol. The van der Waals surface area contributed by atoms with Gasteiger partial charge in [-0.25, -0.2) is 0 Å². The van der Waals surface area contributed by atoms with E-state index in [0.29, 0.717) is 18.8 Å². The molecular formula is C22H19NO3. The highest BCUT2D eigenvalue weighted by atomic mass is 16.5. The van der Waals surface area contributed by atoms with Crippen molar-refractivity contribution in [2.24, 2.45) is 0 Å². The molecule has 4 heteroatoms. The molecule has 3 aromatic carbocycles. The van der Waals surface area contributed by atoms with E-state index in [9.17, 15) is 4.79 Å². The molecule has 0 saturated heterocycles. The first kappa shape index (κ1) is 16.4. The number of carbonyl (C=O) groups excluding carboxylic acids is 1. The SMILES string of the molecule is COCCOc1ccc(/C=C2/C(=O)Nc3ccccc32)c2ccccc12. The molecule has 0 bridgehead atoms. The van der Waals surface area contributed by atoms with Crippen molar-refractivity contribution in [3.05, 3.63) is 71.8 Å². The van der Waals surface area contributed by atoms with E-state index in [-0.39, 0.29) is 5.91 Å². The fraction of sp³-hybridized carbons (Fsp3) is 0.136. The molecule has 130 valence electrons. The van der Waals surface area contributed by atoms with Gasteiger partial charge >= 0.3 is 0 Å². The van der Waals surface area contributed by atoms with Gasteiger partial charge in [-0.3, -0.25) is 4.79 Å². The summed E-state index contributed by atoms with van der Waals surface area (Å²) in [6.07, 6.45) is 1.95. The highest BCUT2D eigenvalue weighted by Crippen LogP contribution is 2.35. The summed E-state index contributed by atoms with van der Waals surface area (Å²) in [6.45, 7) is 1.04. The van der Waals surface area contributed by atoms with Crippen molar-refractivity contribution in [1.82, 2.24) is 0 Å². The van der Waals surface area contributed by atoms with Crippen LogP contribution < -0.4 is 10.1 Å². The van der Waals surface area contributed by atoms with Gasteiger partial charge in [-0.15, -0.1) is 0 Å². The van der Waals surface area contributed by atoms with Crippen molar-refractivity contribution in [2.75, 3.05) is 25.6 Å². The van der Waals surface area contributed by atoms with Crippen LogP contribution in [0.4, 0.5) is 5.69 Å². The van der Waals surface area contributed by atoms with Crippen LogP contribution in [0.15, 0.2) is 60.7 Å². The maximum absolute atomic E-state index is 12.4. The number of carbonyl (C=O) groups is 1. The first-order valence-corrected chi connectivity index (χ1v) is 8.54. The summed E-state index contributed by atoms with van der Waals surface area (Å²) in [5, 5.41) is 4.98. The Bertz CT molecular complexity index is 1010. The van der Waals surface area contributed by atoms with Gasteiger partial charge in [0.05, 0.1) is 6.61 Å². The normalized spacial score (nSPS) is 14.5. The minimum absolute atomic E-state index is 0.0734. The average molecular weight is 345 g/mol. The van der Waals surface area contributed by atoms with Gasteiger partial charge in [0, 0.05) is 29.3 Å². The van der Waals surface area contributed by atoms with E-state index in [0.717, 1.165) is 33.3 Å². The molecule has 0 radical (unpaired) electrons. The number of benzene rings is 3. The summed E-state index contributed by atoms with van der Waals surface area (Å²) in [5.41, 5.74) is 3.45. The summed E-state index contributed by atoms with van der Waals surface area (Å²) in [7, 11) is 1.65. The lowest BCUT2D eigenvalue weighted by molar-refractivity contribution is -0.110. The first-order valence-electron chi connectivity index (χ1n) is 8.54. The van der Waals surface area contributed by atoms with Crippen molar-refractivity contribution in [3.8, 4) is 5.75 Å². The molecule has 1 heterocycles. The largest absolute Gasteiger partial charge is 0.491 e. The number of ether oxygens (including phenoxy) is 2. The van der Waals surface area contributed by atoms with Crippen LogP contribution in [0.25, 0.3) is 22.4 Å². The molecule has 1 amide bonds. The quantitative estimate of drug-likeness (QED) is 0.552. The van der Waals surface area contributed by atoms with Gasteiger partial charge in [-0.05, 0) is 29.2 Å². The molecule has 4 nitrogen and oxygen atoms in total. The number of anilines is 1. The third-order valence-electron chi connectivity index (χ3n) is 4.47. The molecule has 0 fully saturated rings. The number of hydrogen-bond donors (Lipinski definition) is 1. The Kier molecular flexibility index (Phi) is 4.42. The smallest absolute Gasteiger partial charge is 0.256 e. The Balaban J connectivity index is 1.79. The van der Waals surface area contributed by atoms with Crippen LogP contribution in [-0.4, -0.2) is 26.2 Å². The number of amides is 1. The lowest BCUT2D eigenvalue weighted by Crippen LogP contribution is -2.05. The Morgan fingerprint density at radius 1 is 0.923 bits per heavy atom. The standard InChI is InChI=1S/C22H19NO3/c1-25-12-13-26-21-11-10-15(16-6-2-3-8-18(16)21)14-19-17-7-4-5-9-20(17)23-22(19)24/h2-11,14H,12-13H2,1H3,(H,23,24)/b19-14+. The molecule has 1 N–H and O–H groups in total. The van der Waals surface area contributed by atoms with Gasteiger partial charge in [0.1, 0.15) is 12.4 Å². The van der Waals surface area contributed by atoms with Crippen molar-refractivity contribution in [1.29, 1.82) is 0 Å². The van der Waals surface area contributed by atoms with Crippen LogP contribution in [-0.2, 0) is 9.53 Å². The third-order valence-corrected chi connectivity index (χ3v) is 4.47. The molecule has 26 heavy (non-hydrogen) atoms. The second kappa shape index (κ2) is 7.02. The van der Waals surface area contributed by atoms with Crippen LogP contribution in [0.1, 0.15) is 11.1 Å². The lowest BCUT2D eigenvalue weighted by Gasteiger charge is -2.11. The van der Waals surface area contributed by atoms with E-state index in [4.69, 9.17) is 9.47 Å². The van der Waals surface area contributed by atoms with Crippen LogP contribution in [0.5, 0.6) is 5.75 Å². The van der Waals surface area contributed by atoms with E-state index < -0.39 is 0 Å². The Hall–Kier alpha value is -3.11. The summed E-state index contributed by atoms with van der Waals surface area (Å²) >= 11 is 0. The zero-order chi connectivity index (χ0) is 17.9. The summed E-state index contributed by atoms with van der Waals surface area (Å²) in [4.78, 5) is 12.4. The fourth-order valence-corrected chi connectivity index (χ4v) is 3.22. The van der Waals surface area contributed by atoms with Crippen LogP contribution in [0.3, 0.4) is 0 Å². The average Bonchev–Trinajstić information content (AvgIpc) is 2.99. The van der Waals surface area contributed by atoms with E-state index in [1.54, 1.807) is 7.11 Å². The molecule has 3 aromatic rings. The van der Waals surface area contributed by atoms with Crippen molar-refractivity contribution in [3.63, 3.8) is 0 Å². The number of fused-ring (bicyclic) bond motifs is 2. The molecule has 0 aromatic heterocycles. The van der Waals surface area contributed by atoms with E-state index >= 15 is 0 Å². The Morgan fingerprint density at radius 3 is 2.54 bits per heavy atom. The summed E-state index contributed by atoms with van der Waals surface area (Å²) in [6, 6.07) is 19.7. The highest BCUT2D eigenvalue weighted by Gasteiger charge is 2.23.